The Hall–Kier alpha value is -2.37. The van der Waals surface area contributed by atoms with Crippen LogP contribution in [0, 0.1) is 5.92 Å². The molecule has 0 amide bonds. The van der Waals surface area contributed by atoms with E-state index in [1.54, 1.807) is 0 Å². The number of rotatable bonds is 9. The van der Waals surface area contributed by atoms with Crippen LogP contribution >= 0.6 is 0 Å². The molecular weight excluding hydrogens is 384 g/mol. The minimum Gasteiger partial charge on any atom is -0.494 e. The van der Waals surface area contributed by atoms with Crippen LogP contribution in [0.3, 0.4) is 0 Å². The molecule has 1 aliphatic heterocycles. The zero-order valence-electron chi connectivity index (χ0n) is 19.1. The number of likely N-dealkylation sites (tertiary alicyclic amines) is 1. The third-order valence-corrected chi connectivity index (χ3v) is 6.19. The summed E-state index contributed by atoms with van der Waals surface area (Å²) in [5.41, 5.74) is 3.28. The van der Waals surface area contributed by atoms with E-state index in [2.05, 4.69) is 78.6 Å². The van der Waals surface area contributed by atoms with E-state index in [4.69, 9.17) is 9.72 Å². The number of aromatic amines is 1. The molecule has 1 atom stereocenters. The number of fused-ring (bicyclic) bond motifs is 1. The molecule has 1 aliphatic rings. The highest BCUT2D eigenvalue weighted by atomic mass is 16.5. The Bertz CT molecular complexity index is 926. The number of aromatic nitrogens is 2. The average Bonchev–Trinajstić information content (AvgIpc) is 3.20. The van der Waals surface area contributed by atoms with Gasteiger partial charge in [0.15, 0.2) is 0 Å². The lowest BCUT2D eigenvalue weighted by molar-refractivity contribution is 0.228. The van der Waals surface area contributed by atoms with Crippen LogP contribution < -0.4 is 10.1 Å². The SMILES string of the molecule is CC(C)CCCOc1cccc(C(NC2CCN(C)CC2)c2nc3ccccc3[nH]2)c1. The van der Waals surface area contributed by atoms with E-state index < -0.39 is 0 Å². The topological polar surface area (TPSA) is 53.2 Å². The van der Waals surface area contributed by atoms with Gasteiger partial charge in [0.2, 0.25) is 0 Å². The lowest BCUT2D eigenvalue weighted by Crippen LogP contribution is -2.42. The fourth-order valence-electron chi connectivity index (χ4n) is 4.32. The smallest absolute Gasteiger partial charge is 0.129 e. The molecule has 31 heavy (non-hydrogen) atoms. The lowest BCUT2D eigenvalue weighted by Gasteiger charge is -2.32. The average molecular weight is 421 g/mol. The van der Waals surface area contributed by atoms with Crippen molar-refractivity contribution in [3.8, 4) is 5.75 Å². The Morgan fingerprint density at radius 2 is 1.94 bits per heavy atom. The zero-order chi connectivity index (χ0) is 21.6. The highest BCUT2D eigenvalue weighted by Gasteiger charge is 2.24. The van der Waals surface area contributed by atoms with Gasteiger partial charge in [0.1, 0.15) is 11.6 Å². The second-order valence-electron chi connectivity index (χ2n) is 9.27. The van der Waals surface area contributed by atoms with Crippen molar-refractivity contribution in [3.05, 3.63) is 59.9 Å². The molecule has 1 fully saturated rings. The quantitative estimate of drug-likeness (QED) is 0.470. The number of para-hydroxylation sites is 2. The monoisotopic (exact) mass is 420 g/mol. The Morgan fingerprint density at radius 1 is 1.13 bits per heavy atom. The first-order valence-corrected chi connectivity index (χ1v) is 11.7. The number of ether oxygens (including phenoxy) is 1. The second-order valence-corrected chi connectivity index (χ2v) is 9.27. The second kappa shape index (κ2) is 10.3. The normalized spacial score (nSPS) is 16.8. The first kappa shape index (κ1) is 21.8. The summed E-state index contributed by atoms with van der Waals surface area (Å²) in [7, 11) is 2.20. The number of benzene rings is 2. The van der Waals surface area contributed by atoms with Crippen molar-refractivity contribution in [1.82, 2.24) is 20.2 Å². The molecule has 2 aromatic carbocycles. The molecule has 0 aliphatic carbocycles. The first-order valence-electron chi connectivity index (χ1n) is 11.7. The molecule has 3 aromatic rings. The van der Waals surface area contributed by atoms with E-state index in [-0.39, 0.29) is 6.04 Å². The predicted octanol–water partition coefficient (Wildman–Crippen LogP) is 5.15. The van der Waals surface area contributed by atoms with Crippen molar-refractivity contribution in [2.75, 3.05) is 26.7 Å². The minimum absolute atomic E-state index is 0.0139. The highest BCUT2D eigenvalue weighted by molar-refractivity contribution is 5.75. The molecule has 1 unspecified atom stereocenters. The first-order chi connectivity index (χ1) is 15.1. The summed E-state index contributed by atoms with van der Waals surface area (Å²) in [4.78, 5) is 10.9. The van der Waals surface area contributed by atoms with Crippen molar-refractivity contribution in [2.45, 2.75) is 51.6 Å². The van der Waals surface area contributed by atoms with E-state index in [0.29, 0.717) is 12.0 Å². The van der Waals surface area contributed by atoms with E-state index in [1.165, 1.54) is 12.0 Å². The van der Waals surface area contributed by atoms with Crippen LogP contribution in [-0.4, -0.2) is 47.7 Å². The summed E-state index contributed by atoms with van der Waals surface area (Å²) >= 11 is 0. The molecule has 5 heteroatoms. The van der Waals surface area contributed by atoms with Gasteiger partial charge in [-0.2, -0.15) is 0 Å². The Kier molecular flexibility index (Phi) is 7.25. The van der Waals surface area contributed by atoms with E-state index in [0.717, 1.165) is 61.6 Å². The summed E-state index contributed by atoms with van der Waals surface area (Å²) < 4.78 is 6.08. The van der Waals surface area contributed by atoms with Gasteiger partial charge in [-0.15, -0.1) is 0 Å². The Labute approximate surface area is 186 Å². The van der Waals surface area contributed by atoms with Gasteiger partial charge in [-0.1, -0.05) is 38.1 Å². The van der Waals surface area contributed by atoms with Gasteiger partial charge in [-0.05, 0) is 81.6 Å². The molecule has 5 nitrogen and oxygen atoms in total. The number of nitrogens with zero attached hydrogens (tertiary/aromatic N) is 2. The summed E-state index contributed by atoms with van der Waals surface area (Å²) in [5.74, 6) is 2.62. The van der Waals surface area contributed by atoms with Crippen molar-refractivity contribution in [3.63, 3.8) is 0 Å². The number of nitrogens with one attached hydrogen (secondary N) is 2. The largest absolute Gasteiger partial charge is 0.494 e. The fourth-order valence-corrected chi connectivity index (χ4v) is 4.32. The molecular formula is C26H36N4O. The summed E-state index contributed by atoms with van der Waals surface area (Å²) in [6.07, 6.45) is 4.58. The van der Waals surface area contributed by atoms with Crippen LogP contribution in [0.1, 0.15) is 57.0 Å². The molecule has 4 rings (SSSR count). The van der Waals surface area contributed by atoms with Crippen LogP contribution in [-0.2, 0) is 0 Å². The molecule has 166 valence electrons. The standard InChI is InChI=1S/C26H36N4O/c1-19(2)8-7-17-31-22-10-6-9-20(18-22)25(27-21-13-15-30(3)16-14-21)26-28-23-11-4-5-12-24(23)29-26/h4-6,9-12,18-19,21,25,27H,7-8,13-17H2,1-3H3,(H,28,29). The molecule has 2 N–H and O–H groups in total. The van der Waals surface area contributed by atoms with Crippen LogP contribution in [0.4, 0.5) is 0 Å². The van der Waals surface area contributed by atoms with Crippen molar-refractivity contribution >= 4 is 11.0 Å². The molecule has 2 heterocycles. The number of hydrogen-bond acceptors (Lipinski definition) is 4. The van der Waals surface area contributed by atoms with Crippen LogP contribution in [0.15, 0.2) is 48.5 Å². The molecule has 1 saturated heterocycles. The third-order valence-electron chi connectivity index (χ3n) is 6.19. The number of hydrogen-bond donors (Lipinski definition) is 2. The zero-order valence-corrected chi connectivity index (χ0v) is 19.1. The molecule has 0 spiro atoms. The maximum absolute atomic E-state index is 6.08. The fraction of sp³-hybridized carbons (Fsp3) is 0.500. The Morgan fingerprint density at radius 3 is 2.71 bits per heavy atom. The van der Waals surface area contributed by atoms with Gasteiger partial charge < -0.3 is 19.9 Å². The summed E-state index contributed by atoms with van der Waals surface area (Å²) in [6.45, 7) is 7.53. The summed E-state index contributed by atoms with van der Waals surface area (Å²) in [5, 5.41) is 3.90. The highest BCUT2D eigenvalue weighted by Crippen LogP contribution is 2.27. The molecule has 1 aromatic heterocycles. The maximum atomic E-state index is 6.08. The van der Waals surface area contributed by atoms with Crippen LogP contribution in [0.25, 0.3) is 11.0 Å². The number of imidazole rings is 1. The van der Waals surface area contributed by atoms with Gasteiger partial charge in [-0.3, -0.25) is 0 Å². The van der Waals surface area contributed by atoms with Gasteiger partial charge in [-0.25, -0.2) is 4.98 Å². The lowest BCUT2D eigenvalue weighted by atomic mass is 10.0. The molecule has 0 radical (unpaired) electrons. The van der Waals surface area contributed by atoms with E-state index in [9.17, 15) is 0 Å². The van der Waals surface area contributed by atoms with Gasteiger partial charge >= 0.3 is 0 Å². The van der Waals surface area contributed by atoms with Gasteiger partial charge in [0.05, 0.1) is 23.7 Å². The van der Waals surface area contributed by atoms with Crippen LogP contribution in [0.5, 0.6) is 5.75 Å². The van der Waals surface area contributed by atoms with Gasteiger partial charge in [0, 0.05) is 6.04 Å². The summed E-state index contributed by atoms with van der Waals surface area (Å²) in [6, 6.07) is 17.3. The molecule has 0 saturated carbocycles. The number of piperidine rings is 1. The third kappa shape index (κ3) is 5.86. The van der Waals surface area contributed by atoms with E-state index >= 15 is 0 Å². The predicted molar refractivity (Wildman–Crippen MR) is 128 cm³/mol. The van der Waals surface area contributed by atoms with Crippen molar-refractivity contribution in [2.24, 2.45) is 5.92 Å². The van der Waals surface area contributed by atoms with Crippen molar-refractivity contribution < 1.29 is 4.74 Å². The van der Waals surface area contributed by atoms with Crippen LogP contribution in [0.2, 0.25) is 0 Å². The minimum atomic E-state index is 0.0139. The molecule has 0 bridgehead atoms. The number of H-pyrrole nitrogens is 1. The van der Waals surface area contributed by atoms with Gasteiger partial charge in [0.25, 0.3) is 0 Å². The maximum Gasteiger partial charge on any atom is 0.129 e. The van der Waals surface area contributed by atoms with E-state index in [1.807, 2.05) is 6.07 Å². The van der Waals surface area contributed by atoms with Crippen molar-refractivity contribution in [1.29, 1.82) is 0 Å². The Balaban J connectivity index is 1.55.